The Morgan fingerprint density at radius 2 is 2.03 bits per heavy atom. The number of anilines is 1. The van der Waals surface area contributed by atoms with E-state index in [0.717, 1.165) is 28.6 Å². The molecule has 0 saturated carbocycles. The van der Waals surface area contributed by atoms with Gasteiger partial charge in [0.25, 0.3) is 0 Å². The van der Waals surface area contributed by atoms with E-state index in [9.17, 15) is 4.79 Å². The smallest absolute Gasteiger partial charge is 0.237 e. The van der Waals surface area contributed by atoms with Crippen LogP contribution in [0.3, 0.4) is 0 Å². The summed E-state index contributed by atoms with van der Waals surface area (Å²) in [6, 6.07) is 9.53. The number of nitrogens with zero attached hydrogens (tertiary/aromatic N) is 5. The summed E-state index contributed by atoms with van der Waals surface area (Å²) in [5.74, 6) is 0.591. The average molecular weight is 409 g/mol. The minimum Gasteiger partial charge on any atom is -0.383 e. The van der Waals surface area contributed by atoms with Crippen molar-refractivity contribution in [3.8, 4) is 0 Å². The summed E-state index contributed by atoms with van der Waals surface area (Å²) in [4.78, 5) is 28.9. The lowest BCUT2D eigenvalue weighted by molar-refractivity contribution is -0.136. The summed E-state index contributed by atoms with van der Waals surface area (Å²) in [6.07, 6.45) is 7.22. The van der Waals surface area contributed by atoms with E-state index >= 15 is 0 Å². The minimum atomic E-state index is 0.125. The Morgan fingerprint density at radius 1 is 1.14 bits per heavy atom. The van der Waals surface area contributed by atoms with Gasteiger partial charge in [-0.3, -0.25) is 9.69 Å². The molecule has 8 heteroatoms. The fraction of sp³-hybridized carbons (Fsp3) is 0.238. The van der Waals surface area contributed by atoms with E-state index in [1.807, 2.05) is 41.3 Å². The first-order valence-electron chi connectivity index (χ1n) is 9.36. The number of piperazine rings is 1. The van der Waals surface area contributed by atoms with Crippen LogP contribution in [0.4, 0.5) is 5.82 Å². The van der Waals surface area contributed by atoms with Crippen LogP contribution in [0.25, 0.3) is 17.0 Å². The fourth-order valence-corrected chi connectivity index (χ4v) is 3.46. The van der Waals surface area contributed by atoms with Crippen LogP contribution in [-0.2, 0) is 11.3 Å². The van der Waals surface area contributed by atoms with Gasteiger partial charge in [0.2, 0.25) is 5.91 Å². The molecule has 0 radical (unpaired) electrons. The molecule has 1 aromatic carbocycles. The van der Waals surface area contributed by atoms with Crippen molar-refractivity contribution >= 4 is 40.3 Å². The summed E-state index contributed by atoms with van der Waals surface area (Å²) in [5.41, 5.74) is 8.69. The first kappa shape index (κ1) is 19.3. The van der Waals surface area contributed by atoms with Gasteiger partial charge in [-0.1, -0.05) is 35.9 Å². The highest BCUT2D eigenvalue weighted by Crippen LogP contribution is 2.19. The molecule has 148 valence electrons. The SMILES string of the molecule is Nc1ncnc2cc(CN3CCN(C/C=C/c4ccc(Cl)nc4)CC3=O)ccc12. The van der Waals surface area contributed by atoms with Crippen LogP contribution in [0.15, 0.2) is 48.9 Å². The van der Waals surface area contributed by atoms with Crippen molar-refractivity contribution in [3.63, 3.8) is 0 Å². The molecule has 0 bridgehead atoms. The number of nitrogens with two attached hydrogens (primary N) is 1. The van der Waals surface area contributed by atoms with Crippen LogP contribution in [-0.4, -0.2) is 56.8 Å². The monoisotopic (exact) mass is 408 g/mol. The van der Waals surface area contributed by atoms with Crippen molar-refractivity contribution in [2.45, 2.75) is 6.54 Å². The van der Waals surface area contributed by atoms with Crippen LogP contribution >= 0.6 is 11.6 Å². The predicted octanol–water partition coefficient (Wildman–Crippen LogP) is 2.62. The van der Waals surface area contributed by atoms with Gasteiger partial charge in [-0.25, -0.2) is 15.0 Å². The highest BCUT2D eigenvalue weighted by molar-refractivity contribution is 6.29. The molecular weight excluding hydrogens is 388 g/mol. The third kappa shape index (κ3) is 4.70. The molecule has 1 aliphatic heterocycles. The maximum Gasteiger partial charge on any atom is 0.237 e. The highest BCUT2D eigenvalue weighted by atomic mass is 35.5. The van der Waals surface area contributed by atoms with Crippen molar-refractivity contribution in [1.82, 2.24) is 24.8 Å². The first-order valence-corrected chi connectivity index (χ1v) is 9.73. The zero-order chi connectivity index (χ0) is 20.2. The second kappa shape index (κ2) is 8.55. The molecule has 7 nitrogen and oxygen atoms in total. The van der Waals surface area contributed by atoms with Crippen molar-refractivity contribution in [3.05, 3.63) is 65.2 Å². The summed E-state index contributed by atoms with van der Waals surface area (Å²) >= 11 is 5.79. The zero-order valence-electron chi connectivity index (χ0n) is 15.8. The molecule has 0 unspecified atom stereocenters. The normalized spacial score (nSPS) is 15.5. The van der Waals surface area contributed by atoms with Crippen LogP contribution in [0.5, 0.6) is 0 Å². The van der Waals surface area contributed by atoms with Gasteiger partial charge in [0, 0.05) is 37.8 Å². The Hall–Kier alpha value is -3.03. The van der Waals surface area contributed by atoms with E-state index in [1.54, 1.807) is 12.3 Å². The molecule has 2 N–H and O–H groups in total. The maximum atomic E-state index is 12.6. The fourth-order valence-electron chi connectivity index (χ4n) is 3.35. The molecule has 2 aromatic heterocycles. The van der Waals surface area contributed by atoms with Crippen LogP contribution < -0.4 is 5.73 Å². The Morgan fingerprint density at radius 3 is 2.83 bits per heavy atom. The molecule has 3 heterocycles. The average Bonchev–Trinajstić information content (AvgIpc) is 2.72. The van der Waals surface area contributed by atoms with Crippen molar-refractivity contribution in [2.24, 2.45) is 0 Å². The topological polar surface area (TPSA) is 88.2 Å². The Labute approximate surface area is 173 Å². The molecule has 1 fully saturated rings. The number of pyridine rings is 1. The summed E-state index contributed by atoms with van der Waals surface area (Å²) in [7, 11) is 0. The second-order valence-electron chi connectivity index (χ2n) is 6.98. The van der Waals surface area contributed by atoms with Crippen molar-refractivity contribution in [2.75, 3.05) is 31.9 Å². The minimum absolute atomic E-state index is 0.125. The van der Waals surface area contributed by atoms with E-state index in [2.05, 4.69) is 19.9 Å². The second-order valence-corrected chi connectivity index (χ2v) is 7.36. The number of benzene rings is 1. The van der Waals surface area contributed by atoms with Gasteiger partial charge in [0.05, 0.1) is 12.1 Å². The molecule has 1 aliphatic rings. The lowest BCUT2D eigenvalue weighted by Crippen LogP contribution is -2.49. The zero-order valence-corrected chi connectivity index (χ0v) is 16.6. The van der Waals surface area contributed by atoms with Gasteiger partial charge in [-0.05, 0) is 29.3 Å². The number of rotatable bonds is 5. The molecule has 1 saturated heterocycles. The number of hydrogen-bond donors (Lipinski definition) is 1. The quantitative estimate of drug-likeness (QED) is 0.653. The molecule has 0 aliphatic carbocycles. The highest BCUT2D eigenvalue weighted by Gasteiger charge is 2.23. The Bertz CT molecular complexity index is 1050. The number of carbonyl (C=O) groups excluding carboxylic acids is 1. The van der Waals surface area contributed by atoms with Crippen molar-refractivity contribution < 1.29 is 4.79 Å². The van der Waals surface area contributed by atoms with E-state index in [1.165, 1.54) is 6.33 Å². The summed E-state index contributed by atoms with van der Waals surface area (Å²) in [5, 5.41) is 1.31. The molecule has 4 rings (SSSR count). The van der Waals surface area contributed by atoms with Crippen LogP contribution in [0.2, 0.25) is 5.15 Å². The molecular formula is C21H21ClN6O. The number of hydrogen-bond acceptors (Lipinski definition) is 6. The maximum absolute atomic E-state index is 12.6. The van der Waals surface area contributed by atoms with Gasteiger partial charge in [0.1, 0.15) is 17.3 Å². The lowest BCUT2D eigenvalue weighted by atomic mass is 10.1. The number of fused-ring (bicyclic) bond motifs is 1. The van der Waals surface area contributed by atoms with Crippen LogP contribution in [0, 0.1) is 0 Å². The van der Waals surface area contributed by atoms with Crippen LogP contribution in [0.1, 0.15) is 11.1 Å². The van der Waals surface area contributed by atoms with E-state index < -0.39 is 0 Å². The van der Waals surface area contributed by atoms with E-state index in [-0.39, 0.29) is 5.91 Å². The largest absolute Gasteiger partial charge is 0.383 e. The lowest BCUT2D eigenvalue weighted by Gasteiger charge is -2.33. The van der Waals surface area contributed by atoms with E-state index in [0.29, 0.717) is 37.1 Å². The van der Waals surface area contributed by atoms with Gasteiger partial charge >= 0.3 is 0 Å². The summed E-state index contributed by atoms with van der Waals surface area (Å²) < 4.78 is 0. The molecule has 1 amide bonds. The van der Waals surface area contributed by atoms with Gasteiger partial charge in [-0.15, -0.1) is 0 Å². The molecule has 29 heavy (non-hydrogen) atoms. The number of nitrogen functional groups attached to an aromatic ring is 1. The number of halogens is 1. The predicted molar refractivity (Wildman–Crippen MR) is 114 cm³/mol. The number of amides is 1. The van der Waals surface area contributed by atoms with Crippen molar-refractivity contribution in [1.29, 1.82) is 0 Å². The summed E-state index contributed by atoms with van der Waals surface area (Å²) in [6.45, 7) is 3.22. The first-order chi connectivity index (χ1) is 14.1. The van der Waals surface area contributed by atoms with E-state index in [4.69, 9.17) is 17.3 Å². The third-order valence-corrected chi connectivity index (χ3v) is 5.15. The molecule has 3 aromatic rings. The standard InChI is InChI=1S/C21H21ClN6O/c22-19-6-4-15(11-24-19)2-1-7-27-8-9-28(20(29)13-27)12-16-3-5-17-18(10-16)25-14-26-21(17)23/h1-6,10-11,14H,7-9,12-13H2,(H2,23,25,26)/b2-1+. The van der Waals surface area contributed by atoms with Gasteiger partial charge in [0.15, 0.2) is 0 Å². The Kier molecular flexibility index (Phi) is 5.69. The number of aromatic nitrogens is 3. The van der Waals surface area contributed by atoms with Gasteiger partial charge < -0.3 is 10.6 Å². The number of carbonyl (C=O) groups is 1. The third-order valence-electron chi connectivity index (χ3n) is 4.93. The Balaban J connectivity index is 1.33. The molecule has 0 spiro atoms. The van der Waals surface area contributed by atoms with Gasteiger partial charge in [-0.2, -0.15) is 0 Å². The molecule has 0 atom stereocenters.